The zero-order chi connectivity index (χ0) is 22.1. The van der Waals surface area contributed by atoms with Crippen LogP contribution in [0.4, 0.5) is 0 Å². The number of carbonyl (C=O) groups excluding carboxylic acids is 2. The van der Waals surface area contributed by atoms with Gasteiger partial charge in [-0.05, 0) is 25.7 Å². The average molecular weight is 431 g/mol. The van der Waals surface area contributed by atoms with Gasteiger partial charge in [0.2, 0.25) is 0 Å². The SMILES string of the molecule is CCCCOCCCOC(=O)CCCCCCCCC(=O)OCCCOCCCC. The molecular formula is C24H46O6. The number of unbranched alkanes of at least 4 members (excludes halogenated alkanes) is 7. The van der Waals surface area contributed by atoms with Gasteiger partial charge in [-0.2, -0.15) is 0 Å². The lowest BCUT2D eigenvalue weighted by atomic mass is 10.1. The molecule has 0 fully saturated rings. The summed E-state index contributed by atoms with van der Waals surface area (Å²) < 4.78 is 21.3. The van der Waals surface area contributed by atoms with Crippen molar-refractivity contribution in [1.82, 2.24) is 0 Å². The first-order valence-corrected chi connectivity index (χ1v) is 12.2. The summed E-state index contributed by atoms with van der Waals surface area (Å²) in [5.41, 5.74) is 0. The molecule has 0 saturated carbocycles. The number of carbonyl (C=O) groups is 2. The van der Waals surface area contributed by atoms with E-state index in [1.807, 2.05) is 0 Å². The van der Waals surface area contributed by atoms with E-state index in [0.717, 1.165) is 90.3 Å². The van der Waals surface area contributed by atoms with Gasteiger partial charge in [-0.3, -0.25) is 9.59 Å². The third kappa shape index (κ3) is 23.1. The van der Waals surface area contributed by atoms with E-state index in [1.54, 1.807) is 0 Å². The molecule has 0 aromatic carbocycles. The minimum atomic E-state index is -0.109. The van der Waals surface area contributed by atoms with Crippen molar-refractivity contribution < 1.29 is 28.5 Å². The van der Waals surface area contributed by atoms with Crippen LogP contribution in [-0.2, 0) is 28.5 Å². The van der Waals surface area contributed by atoms with E-state index in [0.29, 0.717) is 39.3 Å². The van der Waals surface area contributed by atoms with E-state index < -0.39 is 0 Å². The van der Waals surface area contributed by atoms with Crippen LogP contribution in [0.2, 0.25) is 0 Å². The summed E-state index contributed by atoms with van der Waals surface area (Å²) in [6.45, 7) is 8.08. The topological polar surface area (TPSA) is 71.1 Å². The highest BCUT2D eigenvalue weighted by Gasteiger charge is 2.04. The fraction of sp³-hybridized carbons (Fsp3) is 0.917. The van der Waals surface area contributed by atoms with E-state index in [-0.39, 0.29) is 11.9 Å². The van der Waals surface area contributed by atoms with Crippen LogP contribution in [0, 0.1) is 0 Å². The van der Waals surface area contributed by atoms with Gasteiger partial charge < -0.3 is 18.9 Å². The van der Waals surface area contributed by atoms with Crippen molar-refractivity contribution in [3.8, 4) is 0 Å². The van der Waals surface area contributed by atoms with Gasteiger partial charge in [0.05, 0.1) is 13.2 Å². The first-order valence-electron chi connectivity index (χ1n) is 12.2. The lowest BCUT2D eigenvalue weighted by molar-refractivity contribution is -0.145. The van der Waals surface area contributed by atoms with Crippen LogP contribution in [0.25, 0.3) is 0 Å². The maximum Gasteiger partial charge on any atom is 0.305 e. The van der Waals surface area contributed by atoms with Crippen LogP contribution < -0.4 is 0 Å². The molecule has 0 aliphatic rings. The molecule has 0 heterocycles. The molecule has 0 bridgehead atoms. The summed E-state index contributed by atoms with van der Waals surface area (Å²) >= 11 is 0. The third-order valence-electron chi connectivity index (χ3n) is 4.69. The molecule has 0 radical (unpaired) electrons. The minimum absolute atomic E-state index is 0.109. The summed E-state index contributed by atoms with van der Waals surface area (Å²) in [5.74, 6) is -0.218. The Balaban J connectivity index is 3.25. The molecule has 0 atom stereocenters. The molecular weight excluding hydrogens is 384 g/mol. The van der Waals surface area contributed by atoms with Crippen molar-refractivity contribution in [2.45, 2.75) is 104 Å². The van der Waals surface area contributed by atoms with Gasteiger partial charge in [0, 0.05) is 52.1 Å². The first-order chi connectivity index (χ1) is 14.7. The van der Waals surface area contributed by atoms with Crippen molar-refractivity contribution in [3.63, 3.8) is 0 Å². The highest BCUT2D eigenvalue weighted by atomic mass is 16.5. The Morgan fingerprint density at radius 2 is 0.833 bits per heavy atom. The van der Waals surface area contributed by atoms with Crippen molar-refractivity contribution in [2.24, 2.45) is 0 Å². The Bertz CT molecular complexity index is 350. The lowest BCUT2D eigenvalue weighted by Crippen LogP contribution is -2.08. The zero-order valence-corrected chi connectivity index (χ0v) is 19.6. The van der Waals surface area contributed by atoms with E-state index >= 15 is 0 Å². The maximum atomic E-state index is 11.6. The van der Waals surface area contributed by atoms with E-state index in [2.05, 4.69) is 13.8 Å². The Kier molecular flexibility index (Phi) is 23.2. The van der Waals surface area contributed by atoms with Crippen LogP contribution in [0.15, 0.2) is 0 Å². The highest BCUT2D eigenvalue weighted by Crippen LogP contribution is 2.10. The quantitative estimate of drug-likeness (QED) is 0.155. The molecule has 6 heteroatoms. The fourth-order valence-corrected chi connectivity index (χ4v) is 2.78. The molecule has 0 N–H and O–H groups in total. The van der Waals surface area contributed by atoms with Crippen LogP contribution in [0.1, 0.15) is 104 Å². The summed E-state index contributed by atoms with van der Waals surface area (Å²) in [7, 11) is 0. The molecule has 0 aromatic heterocycles. The van der Waals surface area contributed by atoms with E-state index in [1.165, 1.54) is 0 Å². The zero-order valence-electron chi connectivity index (χ0n) is 19.6. The van der Waals surface area contributed by atoms with Crippen LogP contribution >= 0.6 is 0 Å². The summed E-state index contributed by atoms with van der Waals surface area (Å²) in [6, 6.07) is 0. The molecule has 0 aliphatic carbocycles. The summed E-state index contributed by atoms with van der Waals surface area (Å²) in [6.07, 6.45) is 12.9. The lowest BCUT2D eigenvalue weighted by Gasteiger charge is -2.06. The average Bonchev–Trinajstić information content (AvgIpc) is 2.74. The van der Waals surface area contributed by atoms with Gasteiger partial charge in [0.25, 0.3) is 0 Å². The second kappa shape index (κ2) is 24.1. The minimum Gasteiger partial charge on any atom is -0.466 e. The molecule has 6 nitrogen and oxygen atoms in total. The van der Waals surface area contributed by atoms with Crippen LogP contribution in [-0.4, -0.2) is 51.6 Å². The van der Waals surface area contributed by atoms with Crippen molar-refractivity contribution in [3.05, 3.63) is 0 Å². The molecule has 0 rings (SSSR count). The van der Waals surface area contributed by atoms with Crippen molar-refractivity contribution in [1.29, 1.82) is 0 Å². The van der Waals surface area contributed by atoms with Gasteiger partial charge in [-0.1, -0.05) is 52.4 Å². The number of hydrogen-bond acceptors (Lipinski definition) is 6. The number of esters is 2. The summed E-state index contributed by atoms with van der Waals surface area (Å²) in [5, 5.41) is 0. The molecule has 0 spiro atoms. The summed E-state index contributed by atoms with van der Waals surface area (Å²) in [4.78, 5) is 23.3. The second-order valence-electron chi connectivity index (χ2n) is 7.70. The smallest absolute Gasteiger partial charge is 0.305 e. The molecule has 0 aliphatic heterocycles. The Hall–Kier alpha value is -1.14. The largest absolute Gasteiger partial charge is 0.466 e. The standard InChI is InChI=1S/C24H46O6/c1-3-5-17-27-19-13-21-29-23(25)15-11-9-7-8-10-12-16-24(26)30-22-14-20-28-18-6-4-2/h3-22H2,1-2H3. The highest BCUT2D eigenvalue weighted by molar-refractivity contribution is 5.69. The van der Waals surface area contributed by atoms with Crippen molar-refractivity contribution in [2.75, 3.05) is 39.6 Å². The molecule has 0 unspecified atom stereocenters. The molecule has 178 valence electrons. The van der Waals surface area contributed by atoms with Gasteiger partial charge in [0.1, 0.15) is 0 Å². The predicted molar refractivity (Wildman–Crippen MR) is 120 cm³/mol. The Labute approximate surface area is 184 Å². The van der Waals surface area contributed by atoms with Gasteiger partial charge >= 0.3 is 11.9 Å². The van der Waals surface area contributed by atoms with Gasteiger partial charge in [-0.25, -0.2) is 0 Å². The molecule has 0 aromatic rings. The monoisotopic (exact) mass is 430 g/mol. The number of ether oxygens (including phenoxy) is 4. The van der Waals surface area contributed by atoms with E-state index in [4.69, 9.17) is 18.9 Å². The number of rotatable bonds is 23. The number of hydrogen-bond donors (Lipinski definition) is 0. The van der Waals surface area contributed by atoms with Crippen LogP contribution in [0.3, 0.4) is 0 Å². The van der Waals surface area contributed by atoms with E-state index in [9.17, 15) is 9.59 Å². The van der Waals surface area contributed by atoms with Gasteiger partial charge in [0.15, 0.2) is 0 Å². The maximum absolute atomic E-state index is 11.6. The first kappa shape index (κ1) is 28.9. The predicted octanol–water partition coefficient (Wildman–Crippen LogP) is 5.61. The fourth-order valence-electron chi connectivity index (χ4n) is 2.78. The molecule has 0 saturated heterocycles. The second-order valence-corrected chi connectivity index (χ2v) is 7.70. The molecule has 30 heavy (non-hydrogen) atoms. The third-order valence-corrected chi connectivity index (χ3v) is 4.69. The Morgan fingerprint density at radius 1 is 0.467 bits per heavy atom. The van der Waals surface area contributed by atoms with Crippen LogP contribution in [0.5, 0.6) is 0 Å². The Morgan fingerprint density at radius 3 is 1.23 bits per heavy atom. The molecule has 0 amide bonds. The van der Waals surface area contributed by atoms with Crippen molar-refractivity contribution >= 4 is 11.9 Å². The normalized spacial score (nSPS) is 10.9. The van der Waals surface area contributed by atoms with Gasteiger partial charge in [-0.15, -0.1) is 0 Å².